The monoisotopic (exact) mass is 391 g/mol. The Bertz CT molecular complexity index is 785. The molecule has 0 aromatic heterocycles. The maximum Gasteiger partial charge on any atom is 0.416 e. The SMILES string of the molecule is CC(=O)OC1CCC=C1CCN(C)S(=O)(=O)c1ccc(C(F)(F)F)cc1. The lowest BCUT2D eigenvalue weighted by Gasteiger charge is -2.20. The van der Waals surface area contributed by atoms with Gasteiger partial charge in [0.05, 0.1) is 10.5 Å². The third kappa shape index (κ3) is 4.85. The smallest absolute Gasteiger partial charge is 0.416 e. The molecule has 9 heteroatoms. The average Bonchev–Trinajstić information content (AvgIpc) is 2.98. The van der Waals surface area contributed by atoms with Crippen molar-refractivity contribution in [1.29, 1.82) is 0 Å². The van der Waals surface area contributed by atoms with Gasteiger partial charge < -0.3 is 4.74 Å². The van der Waals surface area contributed by atoms with Crippen LogP contribution in [0, 0.1) is 0 Å². The topological polar surface area (TPSA) is 63.7 Å². The fourth-order valence-corrected chi connectivity index (χ4v) is 3.91. The number of rotatable bonds is 6. The third-order valence-corrected chi connectivity index (χ3v) is 6.03. The molecule has 1 aliphatic rings. The lowest BCUT2D eigenvalue weighted by Crippen LogP contribution is -2.29. The summed E-state index contributed by atoms with van der Waals surface area (Å²) in [4.78, 5) is 10.9. The fourth-order valence-electron chi connectivity index (χ4n) is 2.74. The highest BCUT2D eigenvalue weighted by Crippen LogP contribution is 2.30. The summed E-state index contributed by atoms with van der Waals surface area (Å²) >= 11 is 0. The molecule has 0 aliphatic heterocycles. The highest BCUT2D eigenvalue weighted by atomic mass is 32.2. The molecule has 0 saturated carbocycles. The number of allylic oxidation sites excluding steroid dienone is 1. The van der Waals surface area contributed by atoms with E-state index in [-0.39, 0.29) is 17.5 Å². The molecule has 0 amide bonds. The number of nitrogens with zero attached hydrogens (tertiary/aromatic N) is 1. The number of halogens is 3. The molecule has 1 aliphatic carbocycles. The number of carbonyl (C=O) groups is 1. The summed E-state index contributed by atoms with van der Waals surface area (Å²) < 4.78 is 69.0. The molecule has 1 unspecified atom stereocenters. The minimum absolute atomic E-state index is 0.132. The van der Waals surface area contributed by atoms with Gasteiger partial charge in [-0.3, -0.25) is 4.79 Å². The van der Waals surface area contributed by atoms with Crippen molar-refractivity contribution in [1.82, 2.24) is 4.31 Å². The number of ether oxygens (including phenoxy) is 1. The van der Waals surface area contributed by atoms with Gasteiger partial charge in [0.2, 0.25) is 10.0 Å². The van der Waals surface area contributed by atoms with Gasteiger partial charge in [0.15, 0.2) is 0 Å². The van der Waals surface area contributed by atoms with E-state index in [1.54, 1.807) is 0 Å². The zero-order valence-corrected chi connectivity index (χ0v) is 15.2. The van der Waals surface area contributed by atoms with Crippen molar-refractivity contribution < 1.29 is 31.1 Å². The molecule has 2 rings (SSSR count). The van der Waals surface area contributed by atoms with Gasteiger partial charge in [-0.15, -0.1) is 0 Å². The number of sulfonamides is 1. The van der Waals surface area contributed by atoms with Crippen LogP contribution in [-0.4, -0.2) is 38.4 Å². The maximum absolute atomic E-state index is 12.6. The number of alkyl halides is 3. The van der Waals surface area contributed by atoms with Crippen molar-refractivity contribution in [3.05, 3.63) is 41.5 Å². The van der Waals surface area contributed by atoms with Crippen molar-refractivity contribution >= 4 is 16.0 Å². The van der Waals surface area contributed by atoms with Crippen LogP contribution in [0.5, 0.6) is 0 Å². The minimum atomic E-state index is -4.52. The Labute approximate surface area is 150 Å². The Morgan fingerprint density at radius 2 is 1.88 bits per heavy atom. The Morgan fingerprint density at radius 3 is 2.42 bits per heavy atom. The summed E-state index contributed by atoms with van der Waals surface area (Å²) in [7, 11) is -2.54. The molecule has 0 heterocycles. The molecule has 5 nitrogen and oxygen atoms in total. The quantitative estimate of drug-likeness (QED) is 0.551. The molecule has 0 radical (unpaired) electrons. The molecule has 0 saturated heterocycles. The van der Waals surface area contributed by atoms with Gasteiger partial charge in [-0.2, -0.15) is 13.2 Å². The van der Waals surface area contributed by atoms with Gasteiger partial charge >= 0.3 is 12.1 Å². The van der Waals surface area contributed by atoms with Crippen molar-refractivity contribution in [3.63, 3.8) is 0 Å². The first kappa shape index (κ1) is 20.4. The van der Waals surface area contributed by atoms with E-state index in [1.807, 2.05) is 6.08 Å². The predicted octanol–water partition coefficient (Wildman–Crippen LogP) is 3.37. The van der Waals surface area contributed by atoms with Crippen LogP contribution >= 0.6 is 0 Å². The first-order valence-corrected chi connectivity index (χ1v) is 9.45. The summed E-state index contributed by atoms with van der Waals surface area (Å²) in [6.07, 6.45) is -1.13. The zero-order chi connectivity index (χ0) is 19.5. The van der Waals surface area contributed by atoms with E-state index in [0.29, 0.717) is 12.8 Å². The normalized spacial score (nSPS) is 18.1. The average molecular weight is 391 g/mol. The number of carbonyl (C=O) groups excluding carboxylic acids is 1. The standard InChI is InChI=1S/C17H20F3NO4S/c1-12(22)25-16-5-3-4-13(16)10-11-21(2)26(23,24)15-8-6-14(7-9-15)17(18,19)20/h4,6-9,16H,3,5,10-11H2,1-2H3. The summed E-state index contributed by atoms with van der Waals surface area (Å²) in [5.74, 6) is -0.395. The Morgan fingerprint density at radius 1 is 1.27 bits per heavy atom. The molecule has 0 N–H and O–H groups in total. The van der Waals surface area contributed by atoms with Gasteiger partial charge in [0.25, 0.3) is 0 Å². The number of hydrogen-bond acceptors (Lipinski definition) is 4. The van der Waals surface area contributed by atoms with Gasteiger partial charge in [-0.1, -0.05) is 6.08 Å². The molecule has 0 spiro atoms. The van der Waals surface area contributed by atoms with Crippen molar-refractivity contribution in [2.24, 2.45) is 0 Å². The van der Waals surface area contributed by atoms with Gasteiger partial charge in [-0.25, -0.2) is 12.7 Å². The van der Waals surface area contributed by atoms with Gasteiger partial charge in [0, 0.05) is 20.5 Å². The molecule has 1 atom stereocenters. The zero-order valence-electron chi connectivity index (χ0n) is 14.4. The van der Waals surface area contributed by atoms with Crippen LogP contribution in [0.15, 0.2) is 40.8 Å². The summed E-state index contributed by atoms with van der Waals surface area (Å²) in [5, 5.41) is 0. The Balaban J connectivity index is 2.04. The minimum Gasteiger partial charge on any atom is -0.458 e. The summed E-state index contributed by atoms with van der Waals surface area (Å²) in [6.45, 7) is 1.45. The van der Waals surface area contributed by atoms with Gasteiger partial charge in [-0.05, 0) is 49.1 Å². The van der Waals surface area contributed by atoms with E-state index in [2.05, 4.69) is 0 Å². The number of benzene rings is 1. The van der Waals surface area contributed by atoms with E-state index in [1.165, 1.54) is 14.0 Å². The van der Waals surface area contributed by atoms with Crippen LogP contribution in [0.2, 0.25) is 0 Å². The lowest BCUT2D eigenvalue weighted by atomic mass is 10.1. The Hall–Kier alpha value is -1.87. The largest absolute Gasteiger partial charge is 0.458 e. The van der Waals surface area contributed by atoms with Crippen LogP contribution in [0.25, 0.3) is 0 Å². The van der Waals surface area contributed by atoms with E-state index < -0.39 is 27.7 Å². The van der Waals surface area contributed by atoms with E-state index in [4.69, 9.17) is 4.74 Å². The highest BCUT2D eigenvalue weighted by molar-refractivity contribution is 7.89. The fraction of sp³-hybridized carbons (Fsp3) is 0.471. The number of esters is 1. The van der Waals surface area contributed by atoms with Crippen LogP contribution in [0.4, 0.5) is 13.2 Å². The number of hydrogen-bond donors (Lipinski definition) is 0. The molecular weight excluding hydrogens is 371 g/mol. The molecule has 144 valence electrons. The van der Waals surface area contributed by atoms with Crippen LogP contribution in [0.3, 0.4) is 0 Å². The maximum atomic E-state index is 12.6. The van der Waals surface area contributed by atoms with Crippen molar-refractivity contribution in [3.8, 4) is 0 Å². The van der Waals surface area contributed by atoms with Crippen molar-refractivity contribution in [2.45, 2.75) is 43.4 Å². The molecule has 1 aromatic rings. The second-order valence-corrected chi connectivity index (χ2v) is 8.10. The highest BCUT2D eigenvalue weighted by Gasteiger charge is 2.31. The van der Waals surface area contributed by atoms with Crippen LogP contribution < -0.4 is 0 Å². The van der Waals surface area contributed by atoms with Crippen molar-refractivity contribution in [2.75, 3.05) is 13.6 Å². The second kappa shape index (κ2) is 7.79. The van der Waals surface area contributed by atoms with Crippen LogP contribution in [-0.2, 0) is 25.7 Å². The van der Waals surface area contributed by atoms with Gasteiger partial charge in [0.1, 0.15) is 6.10 Å². The molecular formula is C17H20F3NO4S. The first-order valence-electron chi connectivity index (χ1n) is 8.01. The third-order valence-electron chi connectivity index (χ3n) is 4.16. The lowest BCUT2D eigenvalue weighted by molar-refractivity contribution is -0.144. The molecule has 26 heavy (non-hydrogen) atoms. The second-order valence-electron chi connectivity index (χ2n) is 6.05. The Kier molecular flexibility index (Phi) is 6.13. The summed E-state index contributed by atoms with van der Waals surface area (Å²) in [6, 6.07) is 3.39. The first-order chi connectivity index (χ1) is 12.0. The summed E-state index contributed by atoms with van der Waals surface area (Å²) in [5.41, 5.74) is -0.0471. The van der Waals surface area contributed by atoms with E-state index in [9.17, 15) is 26.4 Å². The predicted molar refractivity (Wildman–Crippen MR) is 88.7 cm³/mol. The van der Waals surface area contributed by atoms with Crippen LogP contribution in [0.1, 0.15) is 31.7 Å². The van der Waals surface area contributed by atoms with E-state index >= 15 is 0 Å². The molecule has 0 bridgehead atoms. The van der Waals surface area contributed by atoms with E-state index in [0.717, 1.165) is 40.6 Å². The molecule has 1 aromatic carbocycles. The molecule has 0 fully saturated rings.